The van der Waals surface area contributed by atoms with Gasteiger partial charge in [-0.2, -0.15) is 13.2 Å². The summed E-state index contributed by atoms with van der Waals surface area (Å²) in [6, 6.07) is 3.42. The first-order valence-electron chi connectivity index (χ1n) is 7.04. The van der Waals surface area contributed by atoms with Crippen molar-refractivity contribution in [3.63, 3.8) is 0 Å². The first-order valence-corrected chi connectivity index (χ1v) is 7.85. The molecule has 2 atom stereocenters. The molecule has 1 aromatic rings. The second-order valence-electron chi connectivity index (χ2n) is 5.28. The molecule has 3 N–H and O–H groups in total. The summed E-state index contributed by atoms with van der Waals surface area (Å²) in [6.07, 6.45) is -0.613. The minimum absolute atomic E-state index is 0.0783. The Morgan fingerprint density at radius 3 is 2.79 bits per heavy atom. The van der Waals surface area contributed by atoms with Gasteiger partial charge >= 0.3 is 5.51 Å². The molecule has 1 amide bonds. The summed E-state index contributed by atoms with van der Waals surface area (Å²) in [4.78, 5) is 13.2. The van der Waals surface area contributed by atoms with E-state index in [4.69, 9.17) is 9.94 Å². The SMILES string of the molecule is COc1ccc(CN2CC[C@@H](O)C2C(=O)NO)cc1SC(F)(F)F. The Bertz CT molecular complexity index is 600. The molecule has 1 aliphatic rings. The molecule has 0 bridgehead atoms. The molecule has 1 saturated heterocycles. The van der Waals surface area contributed by atoms with Gasteiger partial charge in [0.15, 0.2) is 0 Å². The Morgan fingerprint density at radius 2 is 2.21 bits per heavy atom. The third-order valence-corrected chi connectivity index (χ3v) is 4.46. The summed E-state index contributed by atoms with van der Waals surface area (Å²) < 4.78 is 42.9. The topological polar surface area (TPSA) is 82.0 Å². The second-order valence-corrected chi connectivity index (χ2v) is 6.39. The van der Waals surface area contributed by atoms with Gasteiger partial charge in [0.25, 0.3) is 5.91 Å². The quantitative estimate of drug-likeness (QED) is 0.418. The molecule has 24 heavy (non-hydrogen) atoms. The van der Waals surface area contributed by atoms with E-state index in [1.807, 2.05) is 0 Å². The fraction of sp³-hybridized carbons (Fsp3) is 0.500. The maximum absolute atomic E-state index is 12.6. The van der Waals surface area contributed by atoms with Crippen LogP contribution in [-0.4, -0.2) is 52.4 Å². The van der Waals surface area contributed by atoms with Crippen LogP contribution in [0.4, 0.5) is 13.2 Å². The van der Waals surface area contributed by atoms with E-state index >= 15 is 0 Å². The number of hydrogen-bond acceptors (Lipinski definition) is 6. The molecule has 0 saturated carbocycles. The van der Waals surface area contributed by atoms with E-state index in [0.29, 0.717) is 18.5 Å². The number of ether oxygens (including phenoxy) is 1. The van der Waals surface area contributed by atoms with Gasteiger partial charge in [-0.05, 0) is 35.9 Å². The molecule has 0 aliphatic carbocycles. The zero-order valence-electron chi connectivity index (χ0n) is 12.7. The van der Waals surface area contributed by atoms with E-state index < -0.39 is 23.6 Å². The van der Waals surface area contributed by atoms with Crippen LogP contribution < -0.4 is 10.2 Å². The highest BCUT2D eigenvalue weighted by Crippen LogP contribution is 2.42. The monoisotopic (exact) mass is 366 g/mol. The molecule has 1 aliphatic heterocycles. The number of rotatable bonds is 5. The molecule has 134 valence electrons. The van der Waals surface area contributed by atoms with Gasteiger partial charge in [-0.15, -0.1) is 0 Å². The van der Waals surface area contributed by atoms with E-state index in [2.05, 4.69) is 0 Å². The maximum Gasteiger partial charge on any atom is 0.446 e. The predicted octanol–water partition coefficient (Wildman–Crippen LogP) is 1.75. The highest BCUT2D eigenvalue weighted by molar-refractivity contribution is 8.00. The third-order valence-electron chi connectivity index (χ3n) is 3.69. The molecule has 0 aromatic heterocycles. The van der Waals surface area contributed by atoms with Gasteiger partial charge in [0, 0.05) is 13.1 Å². The average molecular weight is 366 g/mol. The highest BCUT2D eigenvalue weighted by Gasteiger charge is 2.38. The Morgan fingerprint density at radius 1 is 1.50 bits per heavy atom. The van der Waals surface area contributed by atoms with Gasteiger partial charge in [-0.25, -0.2) is 5.48 Å². The Kier molecular flexibility index (Phi) is 5.97. The van der Waals surface area contributed by atoms with Crippen molar-refractivity contribution in [3.8, 4) is 5.75 Å². The van der Waals surface area contributed by atoms with E-state index in [1.165, 1.54) is 24.7 Å². The Balaban J connectivity index is 2.20. The second kappa shape index (κ2) is 7.60. The number of aliphatic hydroxyl groups is 1. The third kappa shape index (κ3) is 4.53. The highest BCUT2D eigenvalue weighted by atomic mass is 32.2. The summed E-state index contributed by atoms with van der Waals surface area (Å²) in [5.74, 6) is -0.648. The molecular formula is C14H17F3N2O4S. The number of hydroxylamine groups is 1. The molecule has 1 unspecified atom stereocenters. The summed E-state index contributed by atoms with van der Waals surface area (Å²) in [5, 5.41) is 18.6. The van der Waals surface area contributed by atoms with Crippen LogP contribution in [0.1, 0.15) is 12.0 Å². The van der Waals surface area contributed by atoms with Gasteiger partial charge in [0.1, 0.15) is 11.8 Å². The number of nitrogens with zero attached hydrogens (tertiary/aromatic N) is 1. The lowest BCUT2D eigenvalue weighted by molar-refractivity contribution is -0.136. The maximum atomic E-state index is 12.6. The van der Waals surface area contributed by atoms with Crippen LogP contribution in [0.2, 0.25) is 0 Å². The molecule has 0 radical (unpaired) electrons. The molecular weight excluding hydrogens is 349 g/mol. The molecule has 1 aromatic carbocycles. The van der Waals surface area contributed by atoms with Gasteiger partial charge in [0.05, 0.1) is 18.1 Å². The number of alkyl halides is 3. The van der Waals surface area contributed by atoms with Crippen LogP contribution in [0.15, 0.2) is 23.1 Å². The van der Waals surface area contributed by atoms with Gasteiger partial charge < -0.3 is 9.84 Å². The van der Waals surface area contributed by atoms with E-state index in [-0.39, 0.29) is 29.0 Å². The van der Waals surface area contributed by atoms with Crippen LogP contribution in [0.5, 0.6) is 5.75 Å². The lowest BCUT2D eigenvalue weighted by Gasteiger charge is -2.24. The van der Waals surface area contributed by atoms with Crippen LogP contribution in [0.25, 0.3) is 0 Å². The van der Waals surface area contributed by atoms with Crippen molar-refractivity contribution in [1.82, 2.24) is 10.4 Å². The zero-order valence-corrected chi connectivity index (χ0v) is 13.5. The van der Waals surface area contributed by atoms with Crippen molar-refractivity contribution in [2.45, 2.75) is 35.5 Å². The number of carbonyl (C=O) groups excluding carboxylic acids is 1. The van der Waals surface area contributed by atoms with Crippen LogP contribution in [0.3, 0.4) is 0 Å². The standard InChI is InChI=1S/C14H17F3N2O4S/c1-23-10-3-2-8(6-11(10)24-14(15,16)17)7-19-5-4-9(20)12(19)13(21)18-22/h2-3,6,9,12,20,22H,4-5,7H2,1H3,(H,18,21)/t9-,12?/m1/s1. The average Bonchev–Trinajstić information content (AvgIpc) is 2.86. The summed E-state index contributed by atoms with van der Waals surface area (Å²) in [5.41, 5.74) is -2.41. The number of amides is 1. The van der Waals surface area contributed by atoms with E-state index in [0.717, 1.165) is 0 Å². The number of methoxy groups -OCH3 is 1. The van der Waals surface area contributed by atoms with E-state index in [1.54, 1.807) is 11.0 Å². The minimum atomic E-state index is -4.45. The molecule has 1 heterocycles. The minimum Gasteiger partial charge on any atom is -0.496 e. The summed E-state index contributed by atoms with van der Waals surface area (Å²) in [6.45, 7) is 0.539. The van der Waals surface area contributed by atoms with Crippen LogP contribution >= 0.6 is 11.8 Å². The Hall–Kier alpha value is -1.49. The van der Waals surface area contributed by atoms with Gasteiger partial charge in [-0.3, -0.25) is 14.9 Å². The number of nitrogens with one attached hydrogen (secondary N) is 1. The van der Waals surface area contributed by atoms with E-state index in [9.17, 15) is 23.1 Å². The summed E-state index contributed by atoms with van der Waals surface area (Å²) >= 11 is -0.276. The van der Waals surface area contributed by atoms with Crippen molar-refractivity contribution in [1.29, 1.82) is 0 Å². The molecule has 0 spiro atoms. The van der Waals surface area contributed by atoms with Crippen LogP contribution in [0, 0.1) is 0 Å². The van der Waals surface area contributed by atoms with Crippen molar-refractivity contribution in [2.24, 2.45) is 0 Å². The first-order chi connectivity index (χ1) is 11.2. The lowest BCUT2D eigenvalue weighted by Crippen LogP contribution is -2.46. The fourth-order valence-electron chi connectivity index (χ4n) is 2.68. The fourth-order valence-corrected chi connectivity index (χ4v) is 3.39. The van der Waals surface area contributed by atoms with Crippen molar-refractivity contribution in [3.05, 3.63) is 23.8 Å². The molecule has 2 rings (SSSR count). The number of benzene rings is 1. The zero-order chi connectivity index (χ0) is 17.9. The molecule has 6 nitrogen and oxygen atoms in total. The number of hydrogen-bond donors (Lipinski definition) is 3. The largest absolute Gasteiger partial charge is 0.496 e. The Labute approximate surface area is 140 Å². The molecule has 10 heteroatoms. The number of carbonyl (C=O) groups is 1. The number of aliphatic hydroxyl groups excluding tert-OH is 1. The van der Waals surface area contributed by atoms with Crippen molar-refractivity contribution in [2.75, 3.05) is 13.7 Å². The lowest BCUT2D eigenvalue weighted by atomic mass is 10.1. The normalized spacial score (nSPS) is 21.8. The first kappa shape index (κ1) is 18.8. The summed E-state index contributed by atoms with van der Waals surface area (Å²) in [7, 11) is 1.29. The number of likely N-dealkylation sites (tertiary alicyclic amines) is 1. The van der Waals surface area contributed by atoms with Crippen molar-refractivity contribution < 1.29 is 33.0 Å². The number of halogens is 3. The van der Waals surface area contributed by atoms with Crippen molar-refractivity contribution >= 4 is 17.7 Å². The number of thioether (sulfide) groups is 1. The van der Waals surface area contributed by atoms with Gasteiger partial charge in [0.2, 0.25) is 0 Å². The predicted molar refractivity (Wildman–Crippen MR) is 79.7 cm³/mol. The van der Waals surface area contributed by atoms with Crippen LogP contribution in [-0.2, 0) is 11.3 Å². The molecule has 1 fully saturated rings. The smallest absolute Gasteiger partial charge is 0.446 e. The van der Waals surface area contributed by atoms with Gasteiger partial charge in [-0.1, -0.05) is 6.07 Å².